The van der Waals surface area contributed by atoms with Crippen molar-refractivity contribution < 1.29 is 18.0 Å². The van der Waals surface area contributed by atoms with Gasteiger partial charge in [-0.15, -0.1) is 21.5 Å². The first kappa shape index (κ1) is 17.2. The molecule has 1 N–H and O–H groups in total. The summed E-state index contributed by atoms with van der Waals surface area (Å²) >= 11 is 1.37. The van der Waals surface area contributed by atoms with E-state index in [1.807, 2.05) is 20.8 Å². The van der Waals surface area contributed by atoms with Gasteiger partial charge in [-0.2, -0.15) is 0 Å². The number of thiophene rings is 1. The lowest BCUT2D eigenvalue weighted by Crippen LogP contribution is -2.14. The molecule has 0 saturated carbocycles. The quantitative estimate of drug-likeness (QED) is 0.726. The van der Waals surface area contributed by atoms with Crippen LogP contribution in [0.1, 0.15) is 40.9 Å². The van der Waals surface area contributed by atoms with Crippen LogP contribution in [-0.2, 0) is 0 Å². The molecule has 0 aliphatic carbocycles. The molecule has 0 spiro atoms. The number of rotatable bonds is 4. The highest BCUT2D eigenvalue weighted by atomic mass is 32.1. The van der Waals surface area contributed by atoms with E-state index in [-0.39, 0.29) is 11.5 Å². The van der Waals surface area contributed by atoms with Gasteiger partial charge in [-0.25, -0.2) is 8.78 Å². The lowest BCUT2D eigenvalue weighted by molar-refractivity contribution is 0.102. The van der Waals surface area contributed by atoms with Gasteiger partial charge in [-0.05, 0) is 25.1 Å². The summed E-state index contributed by atoms with van der Waals surface area (Å²) in [6.45, 7) is 5.70. The van der Waals surface area contributed by atoms with Crippen LogP contribution < -0.4 is 5.32 Å². The van der Waals surface area contributed by atoms with E-state index in [1.165, 1.54) is 11.3 Å². The summed E-state index contributed by atoms with van der Waals surface area (Å²) in [6, 6.07) is 4.51. The Kier molecular flexibility index (Phi) is 4.63. The molecule has 1 amide bonds. The van der Waals surface area contributed by atoms with E-state index in [1.54, 1.807) is 6.07 Å². The van der Waals surface area contributed by atoms with Crippen LogP contribution in [0.5, 0.6) is 0 Å². The number of halogens is 2. The predicted molar refractivity (Wildman–Crippen MR) is 90.7 cm³/mol. The Labute approximate surface area is 146 Å². The Bertz CT molecular complexity index is 934. The number of aryl methyl sites for hydroxylation is 1. The largest absolute Gasteiger partial charge is 0.420 e. The number of anilines is 1. The molecular weight excluding hydrogens is 348 g/mol. The standard InChI is InChI=1S/C17H15F2N3O2S/c1-8(2)16-21-22-17(24-16)14-7-13(9(3)25-14)20-15(23)11-5-4-10(18)6-12(11)19/h4-8H,1-3H3,(H,20,23). The van der Waals surface area contributed by atoms with Gasteiger partial charge in [-0.3, -0.25) is 4.79 Å². The zero-order chi connectivity index (χ0) is 18.1. The van der Waals surface area contributed by atoms with Gasteiger partial charge in [0.1, 0.15) is 11.6 Å². The Morgan fingerprint density at radius 3 is 2.64 bits per heavy atom. The molecule has 0 radical (unpaired) electrons. The smallest absolute Gasteiger partial charge is 0.258 e. The third-order valence-electron chi connectivity index (χ3n) is 3.49. The molecule has 0 fully saturated rings. The minimum atomic E-state index is -0.913. The van der Waals surface area contributed by atoms with Crippen molar-refractivity contribution in [1.82, 2.24) is 10.2 Å². The van der Waals surface area contributed by atoms with E-state index in [4.69, 9.17) is 4.42 Å². The van der Waals surface area contributed by atoms with E-state index < -0.39 is 17.5 Å². The van der Waals surface area contributed by atoms with Gasteiger partial charge in [0.2, 0.25) is 5.89 Å². The first-order chi connectivity index (χ1) is 11.8. The van der Waals surface area contributed by atoms with Gasteiger partial charge in [0.05, 0.1) is 16.1 Å². The highest BCUT2D eigenvalue weighted by Crippen LogP contribution is 2.34. The van der Waals surface area contributed by atoms with Crippen LogP contribution in [0.25, 0.3) is 10.8 Å². The molecule has 0 bridgehead atoms. The van der Waals surface area contributed by atoms with Crippen molar-refractivity contribution >= 4 is 22.9 Å². The molecule has 5 nitrogen and oxygen atoms in total. The van der Waals surface area contributed by atoms with Crippen LogP contribution >= 0.6 is 11.3 Å². The fourth-order valence-electron chi connectivity index (χ4n) is 2.14. The molecule has 0 aliphatic rings. The molecule has 0 aliphatic heterocycles. The fraction of sp³-hybridized carbons (Fsp3) is 0.235. The van der Waals surface area contributed by atoms with Crippen LogP contribution in [-0.4, -0.2) is 16.1 Å². The average Bonchev–Trinajstić information content (AvgIpc) is 3.15. The van der Waals surface area contributed by atoms with E-state index in [0.29, 0.717) is 28.4 Å². The highest BCUT2D eigenvalue weighted by molar-refractivity contribution is 7.15. The lowest BCUT2D eigenvalue weighted by Gasteiger charge is -2.05. The second-order valence-corrected chi connectivity index (χ2v) is 7.02. The van der Waals surface area contributed by atoms with Crippen molar-refractivity contribution in [1.29, 1.82) is 0 Å². The van der Waals surface area contributed by atoms with Crippen molar-refractivity contribution in [2.45, 2.75) is 26.7 Å². The number of aromatic nitrogens is 2. The molecular formula is C17H15F2N3O2S. The zero-order valence-electron chi connectivity index (χ0n) is 13.8. The second-order valence-electron chi connectivity index (χ2n) is 5.76. The lowest BCUT2D eigenvalue weighted by atomic mass is 10.2. The molecule has 25 heavy (non-hydrogen) atoms. The van der Waals surface area contributed by atoms with Crippen LogP contribution in [0, 0.1) is 18.6 Å². The Morgan fingerprint density at radius 2 is 2.00 bits per heavy atom. The summed E-state index contributed by atoms with van der Waals surface area (Å²) in [5.74, 6) is -1.30. The van der Waals surface area contributed by atoms with Crippen LogP contribution in [0.15, 0.2) is 28.7 Å². The molecule has 2 heterocycles. The summed E-state index contributed by atoms with van der Waals surface area (Å²) < 4.78 is 32.3. The minimum absolute atomic E-state index is 0.114. The number of nitrogens with one attached hydrogen (secondary N) is 1. The number of benzene rings is 1. The maximum Gasteiger partial charge on any atom is 0.258 e. The molecule has 2 aromatic heterocycles. The van der Waals surface area contributed by atoms with Crippen molar-refractivity contribution in [3.05, 3.63) is 52.2 Å². The number of carbonyl (C=O) groups excluding carboxylic acids is 1. The molecule has 0 atom stereocenters. The SMILES string of the molecule is Cc1sc(-c2nnc(C(C)C)o2)cc1NC(=O)c1ccc(F)cc1F. The molecule has 1 aromatic carbocycles. The summed E-state index contributed by atoms with van der Waals surface area (Å²) in [7, 11) is 0. The van der Waals surface area contributed by atoms with Gasteiger partial charge in [0.25, 0.3) is 11.8 Å². The first-order valence-electron chi connectivity index (χ1n) is 7.55. The topological polar surface area (TPSA) is 68.0 Å². The third-order valence-corrected chi connectivity index (χ3v) is 4.53. The maximum absolute atomic E-state index is 13.7. The van der Waals surface area contributed by atoms with Gasteiger partial charge in [0.15, 0.2) is 0 Å². The van der Waals surface area contributed by atoms with Crippen molar-refractivity contribution in [2.75, 3.05) is 5.32 Å². The van der Waals surface area contributed by atoms with E-state index in [9.17, 15) is 13.6 Å². The normalized spacial score (nSPS) is 11.1. The molecule has 0 saturated heterocycles. The number of amides is 1. The Hall–Kier alpha value is -2.61. The highest BCUT2D eigenvalue weighted by Gasteiger charge is 2.18. The Balaban J connectivity index is 1.83. The number of hydrogen-bond acceptors (Lipinski definition) is 5. The van der Waals surface area contributed by atoms with E-state index in [0.717, 1.165) is 17.0 Å². The molecule has 8 heteroatoms. The number of carbonyl (C=O) groups is 1. The third kappa shape index (κ3) is 3.58. The van der Waals surface area contributed by atoms with Crippen LogP contribution in [0.4, 0.5) is 14.5 Å². The fourth-order valence-corrected chi connectivity index (χ4v) is 3.04. The summed E-state index contributed by atoms with van der Waals surface area (Å²) in [5.41, 5.74) is 0.284. The number of nitrogens with zero attached hydrogens (tertiary/aromatic N) is 2. The number of hydrogen-bond donors (Lipinski definition) is 1. The van der Waals surface area contributed by atoms with Gasteiger partial charge in [0, 0.05) is 16.9 Å². The van der Waals surface area contributed by atoms with Gasteiger partial charge < -0.3 is 9.73 Å². The Morgan fingerprint density at radius 1 is 1.24 bits per heavy atom. The summed E-state index contributed by atoms with van der Waals surface area (Å²) in [6.07, 6.45) is 0. The first-order valence-corrected chi connectivity index (χ1v) is 8.37. The summed E-state index contributed by atoms with van der Waals surface area (Å²) in [5, 5.41) is 10.6. The summed E-state index contributed by atoms with van der Waals surface area (Å²) in [4.78, 5) is 13.7. The van der Waals surface area contributed by atoms with Crippen molar-refractivity contribution in [2.24, 2.45) is 0 Å². The monoisotopic (exact) mass is 363 g/mol. The van der Waals surface area contributed by atoms with Crippen molar-refractivity contribution in [3.63, 3.8) is 0 Å². The van der Waals surface area contributed by atoms with Crippen LogP contribution in [0.3, 0.4) is 0 Å². The average molecular weight is 363 g/mol. The van der Waals surface area contributed by atoms with Crippen molar-refractivity contribution in [3.8, 4) is 10.8 Å². The molecule has 3 rings (SSSR count). The molecule has 3 aromatic rings. The van der Waals surface area contributed by atoms with Gasteiger partial charge >= 0.3 is 0 Å². The second kappa shape index (κ2) is 6.72. The van der Waals surface area contributed by atoms with E-state index in [2.05, 4.69) is 15.5 Å². The predicted octanol–water partition coefficient (Wildman–Crippen LogP) is 4.76. The minimum Gasteiger partial charge on any atom is -0.420 e. The molecule has 130 valence electrons. The van der Waals surface area contributed by atoms with Gasteiger partial charge in [-0.1, -0.05) is 13.8 Å². The van der Waals surface area contributed by atoms with Crippen LogP contribution in [0.2, 0.25) is 0 Å². The van der Waals surface area contributed by atoms with E-state index >= 15 is 0 Å². The zero-order valence-corrected chi connectivity index (χ0v) is 14.6. The maximum atomic E-state index is 13.7. The molecule has 0 unspecified atom stereocenters.